The first kappa shape index (κ1) is 21.6. The molecule has 4 saturated carbocycles. The van der Waals surface area contributed by atoms with Gasteiger partial charge < -0.3 is 14.2 Å². The van der Waals surface area contributed by atoms with E-state index in [0.717, 1.165) is 32.1 Å². The first-order chi connectivity index (χ1) is 14.6. The van der Waals surface area contributed by atoms with E-state index >= 15 is 0 Å². The zero-order valence-corrected chi connectivity index (χ0v) is 19.3. The Morgan fingerprint density at radius 2 is 1.71 bits per heavy atom. The van der Waals surface area contributed by atoms with Gasteiger partial charge in [-0.05, 0) is 62.2 Å². The molecule has 6 nitrogen and oxygen atoms in total. The minimum absolute atomic E-state index is 0.00480. The highest BCUT2D eigenvalue weighted by Crippen LogP contribution is 2.68. The van der Waals surface area contributed by atoms with Crippen LogP contribution in [0.25, 0.3) is 0 Å². The SMILES string of the molecule is CC(=O)O[C@@H]1C[C@@]2(C)[C@H](CC[C@H]2C(C)=O)[C@@H]2CC[C@@H]3CC4(CC(=O)[C@]3(C)[C@@H]21)OCCO4. The van der Waals surface area contributed by atoms with Crippen molar-refractivity contribution in [2.24, 2.45) is 40.4 Å². The molecule has 1 spiro atoms. The third-order valence-electron chi connectivity index (χ3n) is 10.0. The molecule has 0 radical (unpaired) electrons. The van der Waals surface area contributed by atoms with Crippen LogP contribution in [0, 0.1) is 40.4 Å². The Kier molecular flexibility index (Phi) is 4.95. The predicted octanol–water partition coefficient (Wildman–Crippen LogP) is 3.70. The van der Waals surface area contributed by atoms with Gasteiger partial charge in [-0.3, -0.25) is 14.4 Å². The highest BCUT2D eigenvalue weighted by Gasteiger charge is 2.68. The second-order valence-electron chi connectivity index (χ2n) is 11.4. The summed E-state index contributed by atoms with van der Waals surface area (Å²) < 4.78 is 17.8. The molecule has 0 bridgehead atoms. The Morgan fingerprint density at radius 3 is 2.35 bits per heavy atom. The van der Waals surface area contributed by atoms with Crippen LogP contribution < -0.4 is 0 Å². The van der Waals surface area contributed by atoms with Gasteiger partial charge in [0, 0.05) is 30.6 Å². The van der Waals surface area contributed by atoms with E-state index in [1.807, 2.05) is 0 Å². The number of carbonyl (C=O) groups excluding carboxylic acids is 3. The predicted molar refractivity (Wildman–Crippen MR) is 112 cm³/mol. The molecule has 6 heteroatoms. The molecule has 4 aliphatic carbocycles. The summed E-state index contributed by atoms with van der Waals surface area (Å²) in [6.45, 7) is 8.61. The van der Waals surface area contributed by atoms with Crippen LogP contribution in [0.2, 0.25) is 0 Å². The van der Waals surface area contributed by atoms with E-state index in [1.54, 1.807) is 6.92 Å². The third-order valence-corrected chi connectivity index (χ3v) is 10.0. The lowest BCUT2D eigenvalue weighted by Crippen LogP contribution is -2.64. The largest absolute Gasteiger partial charge is 0.462 e. The first-order valence-corrected chi connectivity index (χ1v) is 12.1. The molecule has 0 aromatic rings. The quantitative estimate of drug-likeness (QED) is 0.619. The number of ether oxygens (including phenoxy) is 3. The minimum Gasteiger partial charge on any atom is -0.462 e. The van der Waals surface area contributed by atoms with Crippen molar-refractivity contribution < 1.29 is 28.6 Å². The van der Waals surface area contributed by atoms with Crippen molar-refractivity contribution in [3.8, 4) is 0 Å². The van der Waals surface area contributed by atoms with Crippen molar-refractivity contribution in [2.75, 3.05) is 13.2 Å². The number of ketones is 2. The number of carbonyl (C=O) groups is 3. The van der Waals surface area contributed by atoms with Gasteiger partial charge in [0.05, 0.1) is 19.6 Å². The van der Waals surface area contributed by atoms with Crippen molar-refractivity contribution in [1.29, 1.82) is 0 Å². The molecule has 5 aliphatic rings. The summed E-state index contributed by atoms with van der Waals surface area (Å²) in [4.78, 5) is 38.4. The second kappa shape index (κ2) is 7.11. The average molecular weight is 433 g/mol. The van der Waals surface area contributed by atoms with Crippen LogP contribution in [-0.4, -0.2) is 42.6 Å². The fourth-order valence-corrected chi connectivity index (χ4v) is 8.85. The van der Waals surface area contributed by atoms with Gasteiger partial charge in [-0.25, -0.2) is 0 Å². The molecule has 8 atom stereocenters. The molecule has 0 unspecified atom stereocenters. The minimum atomic E-state index is -0.749. The Labute approximate surface area is 184 Å². The number of fused-ring (bicyclic) bond motifs is 5. The molecule has 172 valence electrons. The summed E-state index contributed by atoms with van der Waals surface area (Å²) in [6.07, 6.45) is 5.29. The van der Waals surface area contributed by atoms with Crippen LogP contribution in [0.3, 0.4) is 0 Å². The first-order valence-electron chi connectivity index (χ1n) is 12.1. The van der Waals surface area contributed by atoms with Gasteiger partial charge in [-0.1, -0.05) is 13.8 Å². The molecule has 0 amide bonds. The zero-order chi connectivity index (χ0) is 22.2. The molecule has 1 saturated heterocycles. The van der Waals surface area contributed by atoms with Crippen LogP contribution in [0.1, 0.15) is 72.6 Å². The van der Waals surface area contributed by atoms with E-state index in [9.17, 15) is 14.4 Å². The lowest BCUT2D eigenvalue weighted by atomic mass is 9.43. The normalized spacial score (nSPS) is 48.1. The molecule has 1 heterocycles. The van der Waals surface area contributed by atoms with E-state index in [4.69, 9.17) is 14.2 Å². The molecular formula is C25H36O6. The van der Waals surface area contributed by atoms with Crippen molar-refractivity contribution in [2.45, 2.75) is 84.5 Å². The number of Topliss-reactive ketones (excluding diaryl/α,β-unsaturated/α-hetero) is 2. The summed E-state index contributed by atoms with van der Waals surface area (Å²) >= 11 is 0. The number of hydrogen-bond donors (Lipinski definition) is 0. The molecule has 0 aromatic carbocycles. The summed E-state index contributed by atoms with van der Waals surface area (Å²) in [5.74, 6) is 0.296. The van der Waals surface area contributed by atoms with Gasteiger partial charge >= 0.3 is 5.97 Å². The van der Waals surface area contributed by atoms with Crippen LogP contribution >= 0.6 is 0 Å². The van der Waals surface area contributed by atoms with Gasteiger partial charge in [0.2, 0.25) is 0 Å². The van der Waals surface area contributed by atoms with Gasteiger partial charge in [-0.15, -0.1) is 0 Å². The maximum atomic E-state index is 13.8. The molecule has 31 heavy (non-hydrogen) atoms. The fourth-order valence-electron chi connectivity index (χ4n) is 8.85. The van der Waals surface area contributed by atoms with Gasteiger partial charge in [0.15, 0.2) is 5.79 Å². The maximum absolute atomic E-state index is 13.8. The summed E-state index contributed by atoms with van der Waals surface area (Å²) in [6, 6.07) is 0. The summed E-state index contributed by atoms with van der Waals surface area (Å²) in [5.41, 5.74) is -0.702. The Bertz CT molecular complexity index is 800. The van der Waals surface area contributed by atoms with Gasteiger partial charge in [0.1, 0.15) is 17.7 Å². The molecule has 0 N–H and O–H groups in total. The lowest BCUT2D eigenvalue weighted by molar-refractivity contribution is -0.234. The van der Waals surface area contributed by atoms with Crippen LogP contribution in [-0.2, 0) is 28.6 Å². The Hall–Kier alpha value is -1.27. The number of hydrogen-bond acceptors (Lipinski definition) is 6. The Morgan fingerprint density at radius 1 is 1.00 bits per heavy atom. The zero-order valence-electron chi connectivity index (χ0n) is 19.3. The van der Waals surface area contributed by atoms with Crippen LogP contribution in [0.15, 0.2) is 0 Å². The maximum Gasteiger partial charge on any atom is 0.302 e. The highest BCUT2D eigenvalue weighted by molar-refractivity contribution is 5.87. The monoisotopic (exact) mass is 432 g/mol. The molecule has 0 aromatic heterocycles. The van der Waals surface area contributed by atoms with E-state index in [-0.39, 0.29) is 53.2 Å². The lowest BCUT2D eigenvalue weighted by Gasteiger charge is -2.62. The summed E-state index contributed by atoms with van der Waals surface area (Å²) in [7, 11) is 0. The molecule has 5 rings (SSSR count). The summed E-state index contributed by atoms with van der Waals surface area (Å²) in [5, 5.41) is 0. The van der Waals surface area contributed by atoms with E-state index in [2.05, 4.69) is 13.8 Å². The third kappa shape index (κ3) is 3.00. The van der Waals surface area contributed by atoms with Crippen molar-refractivity contribution >= 4 is 17.5 Å². The van der Waals surface area contributed by atoms with Gasteiger partial charge in [0.25, 0.3) is 0 Å². The van der Waals surface area contributed by atoms with E-state index in [1.165, 1.54) is 6.92 Å². The van der Waals surface area contributed by atoms with E-state index < -0.39 is 11.2 Å². The van der Waals surface area contributed by atoms with Crippen LogP contribution in [0.5, 0.6) is 0 Å². The molecule has 1 aliphatic heterocycles. The van der Waals surface area contributed by atoms with Crippen molar-refractivity contribution in [3.63, 3.8) is 0 Å². The smallest absolute Gasteiger partial charge is 0.302 e. The standard InChI is InChI=1S/C25H36O6/c1-14(26)18-7-8-19-17-6-5-16-11-25(29-9-10-30-25)13-21(28)24(16,4)22(17)20(31-15(2)27)12-23(18,19)3/h16-20,22H,5-13H2,1-4H3/t16-,17+,18+,19-,20-,22+,23-,24-/m1/s1. The Balaban J connectivity index is 1.53. The average Bonchev–Trinajstić information content (AvgIpc) is 3.26. The molecule has 5 fully saturated rings. The fraction of sp³-hybridized carbons (Fsp3) is 0.880. The molecular weight excluding hydrogens is 396 g/mol. The van der Waals surface area contributed by atoms with Crippen molar-refractivity contribution in [1.82, 2.24) is 0 Å². The number of esters is 1. The number of rotatable bonds is 2. The van der Waals surface area contributed by atoms with E-state index in [0.29, 0.717) is 31.5 Å². The van der Waals surface area contributed by atoms with Crippen molar-refractivity contribution in [3.05, 3.63) is 0 Å². The van der Waals surface area contributed by atoms with Crippen LogP contribution in [0.4, 0.5) is 0 Å². The van der Waals surface area contributed by atoms with Gasteiger partial charge in [-0.2, -0.15) is 0 Å². The highest BCUT2D eigenvalue weighted by atomic mass is 16.7. The topological polar surface area (TPSA) is 78.9 Å². The second-order valence-corrected chi connectivity index (χ2v) is 11.4.